The van der Waals surface area contributed by atoms with Crippen LogP contribution in [0.2, 0.25) is 0 Å². The Balaban J connectivity index is 2.60. The minimum absolute atomic E-state index is 0.120. The third kappa shape index (κ3) is 1.77. The minimum Gasteiger partial charge on any atom is -0.502 e. The predicted molar refractivity (Wildman–Crippen MR) is 51.0 cm³/mol. The van der Waals surface area contributed by atoms with Crippen LogP contribution in [0.5, 0.6) is 5.75 Å². The van der Waals surface area contributed by atoms with Crippen molar-refractivity contribution in [1.29, 1.82) is 0 Å². The molecule has 0 aliphatic heterocycles. The first kappa shape index (κ1) is 9.91. The van der Waals surface area contributed by atoms with E-state index in [4.69, 9.17) is 5.11 Å². The lowest BCUT2D eigenvalue weighted by Gasteiger charge is -2.02. The van der Waals surface area contributed by atoms with Gasteiger partial charge in [0.2, 0.25) is 0 Å². The number of aldehydes is 1. The Bertz CT molecular complexity index is 463. The zero-order valence-corrected chi connectivity index (χ0v) is 7.06. The summed E-state index contributed by atoms with van der Waals surface area (Å²) in [6.07, 6.45) is 6.06. The summed E-state index contributed by atoms with van der Waals surface area (Å²) in [7, 11) is 0. The highest BCUT2D eigenvalue weighted by Crippen LogP contribution is 2.13. The van der Waals surface area contributed by atoms with E-state index in [9.17, 15) is 14.4 Å². The first-order valence-electron chi connectivity index (χ1n) is 3.74. The van der Waals surface area contributed by atoms with Gasteiger partial charge in [0.1, 0.15) is 12.0 Å². The van der Waals surface area contributed by atoms with Crippen molar-refractivity contribution >= 4 is 12.0 Å². The second kappa shape index (κ2) is 4.18. The maximum atomic E-state index is 10.8. The van der Waals surface area contributed by atoms with E-state index in [2.05, 4.69) is 5.32 Å². The van der Waals surface area contributed by atoms with Crippen molar-refractivity contribution in [2.24, 2.45) is 0 Å². The third-order valence-corrected chi connectivity index (χ3v) is 1.51. The molecular formula is C9H7NO4. The molecule has 14 heavy (non-hydrogen) atoms. The monoisotopic (exact) mass is 193 g/mol. The van der Waals surface area contributed by atoms with Gasteiger partial charge in [-0.25, -0.2) is 0 Å². The molecule has 5 nitrogen and oxygen atoms in total. The van der Waals surface area contributed by atoms with E-state index in [-0.39, 0.29) is 5.69 Å². The van der Waals surface area contributed by atoms with Gasteiger partial charge in [0.25, 0.3) is 10.9 Å². The quantitative estimate of drug-likeness (QED) is 0.296. The molecule has 5 heteroatoms. The van der Waals surface area contributed by atoms with Crippen molar-refractivity contribution in [2.45, 2.75) is 0 Å². The average Bonchev–Trinajstić information content (AvgIpc) is 2.22. The first-order chi connectivity index (χ1) is 6.68. The molecule has 0 saturated carbocycles. The van der Waals surface area contributed by atoms with Gasteiger partial charge in [0.05, 0.1) is 0 Å². The van der Waals surface area contributed by atoms with Crippen LogP contribution in [0, 0.1) is 0 Å². The molecule has 72 valence electrons. The van der Waals surface area contributed by atoms with Gasteiger partial charge in [-0.3, -0.25) is 14.4 Å². The van der Waals surface area contributed by atoms with Crippen LogP contribution in [0.15, 0.2) is 34.0 Å². The zero-order chi connectivity index (χ0) is 10.6. The Labute approximate surface area is 78.7 Å². The van der Waals surface area contributed by atoms with Gasteiger partial charge in [0.15, 0.2) is 5.75 Å². The molecule has 0 atom stereocenters. The third-order valence-electron chi connectivity index (χ3n) is 1.51. The van der Waals surface area contributed by atoms with E-state index >= 15 is 0 Å². The fourth-order valence-corrected chi connectivity index (χ4v) is 0.810. The summed E-state index contributed by atoms with van der Waals surface area (Å²) in [6, 6.07) is 0. The summed E-state index contributed by atoms with van der Waals surface area (Å²) in [5.41, 5.74) is -1.75. The standard InChI is InChI=1S/C9H7NO4/c11-5-3-1-2-4-10-6-7(12)9(14)8(6)13/h1-5,10,12H/b3-1+,4-2+. The van der Waals surface area contributed by atoms with E-state index in [0.29, 0.717) is 6.29 Å². The Kier molecular flexibility index (Phi) is 2.96. The van der Waals surface area contributed by atoms with Crippen molar-refractivity contribution < 1.29 is 9.90 Å². The van der Waals surface area contributed by atoms with Crippen LogP contribution in [0.4, 0.5) is 5.69 Å². The number of anilines is 1. The highest BCUT2D eigenvalue weighted by molar-refractivity contribution is 5.65. The van der Waals surface area contributed by atoms with Crippen LogP contribution < -0.4 is 16.2 Å². The molecule has 1 aromatic carbocycles. The van der Waals surface area contributed by atoms with Gasteiger partial charge in [-0.2, -0.15) is 0 Å². The normalized spacial score (nSPS) is 11.4. The van der Waals surface area contributed by atoms with Gasteiger partial charge in [0, 0.05) is 6.20 Å². The summed E-state index contributed by atoms with van der Waals surface area (Å²) in [4.78, 5) is 31.1. The molecule has 0 fully saturated rings. The summed E-state index contributed by atoms with van der Waals surface area (Å²) in [5, 5.41) is 11.3. The predicted octanol–water partition coefficient (Wildman–Crippen LogP) is -0.331. The van der Waals surface area contributed by atoms with E-state index < -0.39 is 16.6 Å². The Hall–Kier alpha value is -2.17. The van der Waals surface area contributed by atoms with E-state index in [1.807, 2.05) is 0 Å². The molecule has 0 amide bonds. The summed E-state index contributed by atoms with van der Waals surface area (Å²) < 4.78 is 0. The van der Waals surface area contributed by atoms with Gasteiger partial charge in [-0.05, 0) is 12.2 Å². The molecule has 2 N–H and O–H groups in total. The van der Waals surface area contributed by atoms with Crippen LogP contribution in [0.1, 0.15) is 0 Å². The smallest absolute Gasteiger partial charge is 0.271 e. The summed E-state index contributed by atoms with van der Waals surface area (Å²) >= 11 is 0. The number of allylic oxidation sites excluding steroid dienone is 3. The number of hydrogen-bond acceptors (Lipinski definition) is 5. The topological polar surface area (TPSA) is 83.5 Å². The molecule has 1 aromatic rings. The lowest BCUT2D eigenvalue weighted by atomic mass is 10.2. The van der Waals surface area contributed by atoms with Crippen molar-refractivity contribution in [3.8, 4) is 5.75 Å². The van der Waals surface area contributed by atoms with Gasteiger partial charge >= 0.3 is 0 Å². The molecule has 0 aliphatic rings. The fourth-order valence-electron chi connectivity index (χ4n) is 0.810. The highest BCUT2D eigenvalue weighted by atomic mass is 16.3. The van der Waals surface area contributed by atoms with Crippen LogP contribution in [-0.4, -0.2) is 11.4 Å². The second-order valence-electron chi connectivity index (χ2n) is 2.41. The first-order valence-corrected chi connectivity index (χ1v) is 3.74. The molecule has 0 heterocycles. The number of carbonyl (C=O) groups is 1. The van der Waals surface area contributed by atoms with Crippen molar-refractivity contribution in [3.05, 3.63) is 44.9 Å². The molecule has 0 aliphatic carbocycles. The Morgan fingerprint density at radius 2 is 1.79 bits per heavy atom. The van der Waals surface area contributed by atoms with Crippen molar-refractivity contribution in [1.82, 2.24) is 0 Å². The second-order valence-corrected chi connectivity index (χ2v) is 2.41. The van der Waals surface area contributed by atoms with Crippen LogP contribution in [-0.2, 0) is 4.79 Å². The highest BCUT2D eigenvalue weighted by Gasteiger charge is 2.18. The van der Waals surface area contributed by atoms with Crippen LogP contribution >= 0.6 is 0 Å². The molecule has 0 spiro atoms. The van der Waals surface area contributed by atoms with Crippen LogP contribution in [0.3, 0.4) is 0 Å². The molecule has 0 unspecified atom stereocenters. The zero-order valence-electron chi connectivity index (χ0n) is 7.06. The van der Waals surface area contributed by atoms with E-state index in [1.165, 1.54) is 24.4 Å². The number of aromatic hydroxyl groups is 1. The maximum Gasteiger partial charge on any atom is 0.271 e. The summed E-state index contributed by atoms with van der Waals surface area (Å²) in [5.74, 6) is -0.556. The SMILES string of the molecule is O=C/C=C/C=C/Nc1c(O)c(=O)c1=O. The number of carbonyl (C=O) groups excluding carboxylic acids is 1. The lowest BCUT2D eigenvalue weighted by Crippen LogP contribution is -2.32. The Morgan fingerprint density at radius 3 is 2.36 bits per heavy atom. The van der Waals surface area contributed by atoms with Gasteiger partial charge in [-0.15, -0.1) is 0 Å². The van der Waals surface area contributed by atoms with Crippen molar-refractivity contribution in [3.63, 3.8) is 0 Å². The van der Waals surface area contributed by atoms with Crippen molar-refractivity contribution in [2.75, 3.05) is 5.32 Å². The fraction of sp³-hybridized carbons (Fsp3) is 0. The number of nitrogens with one attached hydrogen (secondary N) is 1. The van der Waals surface area contributed by atoms with Gasteiger partial charge in [-0.1, -0.05) is 6.08 Å². The molecule has 0 saturated heterocycles. The summed E-state index contributed by atoms with van der Waals surface area (Å²) in [6.45, 7) is 0. The maximum absolute atomic E-state index is 10.8. The number of rotatable bonds is 4. The molecule has 0 aromatic heterocycles. The average molecular weight is 193 g/mol. The molecule has 1 rings (SSSR count). The lowest BCUT2D eigenvalue weighted by molar-refractivity contribution is -0.104. The minimum atomic E-state index is -0.885. The largest absolute Gasteiger partial charge is 0.502 e. The molecule has 0 bridgehead atoms. The van der Waals surface area contributed by atoms with Gasteiger partial charge < -0.3 is 10.4 Å². The Morgan fingerprint density at radius 1 is 1.07 bits per heavy atom. The van der Waals surface area contributed by atoms with E-state index in [0.717, 1.165) is 0 Å². The van der Waals surface area contributed by atoms with Crippen LogP contribution in [0.25, 0.3) is 0 Å². The van der Waals surface area contributed by atoms with E-state index in [1.54, 1.807) is 0 Å². The number of hydrogen-bond donors (Lipinski definition) is 2. The molecule has 0 radical (unpaired) electrons. The molecular weight excluding hydrogens is 186 g/mol.